The van der Waals surface area contributed by atoms with Crippen molar-refractivity contribution in [1.82, 2.24) is 5.32 Å². The van der Waals surface area contributed by atoms with E-state index in [9.17, 15) is 9.90 Å². The van der Waals surface area contributed by atoms with Crippen LogP contribution >= 0.6 is 0 Å². The standard InChI is InChI=1S/C15H21NO4/c1-19-11-6-7-14(20-2)12(8-11)15(18)16-13-5-3-4-10(13)9-17/h6-8,10,13,17H,3-5,9H2,1-2H3,(H,16,18). The average Bonchev–Trinajstić information content (AvgIpc) is 2.93. The van der Waals surface area contributed by atoms with Crippen LogP contribution < -0.4 is 14.8 Å². The molecule has 0 heterocycles. The van der Waals surface area contributed by atoms with Gasteiger partial charge in [-0.15, -0.1) is 0 Å². The Morgan fingerprint density at radius 1 is 1.35 bits per heavy atom. The molecule has 1 amide bonds. The summed E-state index contributed by atoms with van der Waals surface area (Å²) in [7, 11) is 3.09. The molecule has 0 aliphatic heterocycles. The number of amides is 1. The number of carbonyl (C=O) groups is 1. The third-order valence-corrected chi connectivity index (χ3v) is 3.86. The van der Waals surface area contributed by atoms with Crippen molar-refractivity contribution in [3.8, 4) is 11.5 Å². The highest BCUT2D eigenvalue weighted by Gasteiger charge is 2.28. The first-order valence-electron chi connectivity index (χ1n) is 6.83. The second kappa shape index (κ2) is 6.61. The van der Waals surface area contributed by atoms with Crippen molar-refractivity contribution in [1.29, 1.82) is 0 Å². The molecule has 1 aliphatic carbocycles. The molecule has 0 saturated heterocycles. The number of aliphatic hydroxyl groups is 1. The van der Waals surface area contributed by atoms with Gasteiger partial charge in [-0.05, 0) is 31.0 Å². The topological polar surface area (TPSA) is 67.8 Å². The second-order valence-corrected chi connectivity index (χ2v) is 5.02. The summed E-state index contributed by atoms with van der Waals surface area (Å²) in [6.45, 7) is 0.111. The van der Waals surface area contributed by atoms with Crippen LogP contribution in [0.4, 0.5) is 0 Å². The van der Waals surface area contributed by atoms with Crippen molar-refractivity contribution < 1.29 is 19.4 Å². The van der Waals surface area contributed by atoms with Gasteiger partial charge in [-0.3, -0.25) is 4.79 Å². The van der Waals surface area contributed by atoms with Crippen LogP contribution in [0.3, 0.4) is 0 Å². The molecule has 1 aromatic rings. The Hall–Kier alpha value is -1.75. The van der Waals surface area contributed by atoms with Crippen LogP contribution in [0, 0.1) is 5.92 Å². The molecule has 0 radical (unpaired) electrons. The van der Waals surface area contributed by atoms with E-state index >= 15 is 0 Å². The molecule has 0 bridgehead atoms. The normalized spacial score (nSPS) is 21.6. The van der Waals surface area contributed by atoms with E-state index in [2.05, 4.69) is 5.32 Å². The van der Waals surface area contributed by atoms with Crippen molar-refractivity contribution in [2.75, 3.05) is 20.8 Å². The molecule has 2 N–H and O–H groups in total. The van der Waals surface area contributed by atoms with Gasteiger partial charge in [-0.25, -0.2) is 0 Å². The van der Waals surface area contributed by atoms with Gasteiger partial charge in [-0.2, -0.15) is 0 Å². The quantitative estimate of drug-likeness (QED) is 0.859. The molecule has 2 atom stereocenters. The maximum Gasteiger partial charge on any atom is 0.255 e. The molecule has 1 saturated carbocycles. The molecule has 0 aromatic heterocycles. The van der Waals surface area contributed by atoms with E-state index in [-0.39, 0.29) is 24.5 Å². The summed E-state index contributed by atoms with van der Waals surface area (Å²) >= 11 is 0. The first kappa shape index (κ1) is 14.7. The summed E-state index contributed by atoms with van der Waals surface area (Å²) < 4.78 is 10.4. The first-order chi connectivity index (χ1) is 9.69. The summed E-state index contributed by atoms with van der Waals surface area (Å²) in [6.07, 6.45) is 2.89. The number of benzene rings is 1. The zero-order valence-corrected chi connectivity index (χ0v) is 11.9. The van der Waals surface area contributed by atoms with Crippen LogP contribution in [0.2, 0.25) is 0 Å². The van der Waals surface area contributed by atoms with Crippen molar-refractivity contribution in [2.45, 2.75) is 25.3 Å². The highest BCUT2D eigenvalue weighted by Crippen LogP contribution is 2.27. The van der Waals surface area contributed by atoms with Crippen LogP contribution in [0.5, 0.6) is 11.5 Å². The zero-order valence-electron chi connectivity index (χ0n) is 11.9. The van der Waals surface area contributed by atoms with Crippen LogP contribution in [-0.4, -0.2) is 37.9 Å². The van der Waals surface area contributed by atoms with E-state index in [1.807, 2.05) is 0 Å². The molecule has 1 aliphatic rings. The summed E-state index contributed by atoms with van der Waals surface area (Å²) in [5.41, 5.74) is 0.454. The van der Waals surface area contributed by atoms with Crippen molar-refractivity contribution in [3.05, 3.63) is 23.8 Å². The Labute approximate surface area is 118 Å². The highest BCUT2D eigenvalue weighted by atomic mass is 16.5. The number of aliphatic hydroxyl groups excluding tert-OH is 1. The summed E-state index contributed by atoms with van der Waals surface area (Å²) in [6, 6.07) is 5.16. The van der Waals surface area contributed by atoms with Crippen molar-refractivity contribution in [2.24, 2.45) is 5.92 Å². The largest absolute Gasteiger partial charge is 0.497 e. The lowest BCUT2D eigenvalue weighted by Crippen LogP contribution is -2.38. The van der Waals surface area contributed by atoms with Gasteiger partial charge in [0.2, 0.25) is 0 Å². The summed E-state index contributed by atoms with van der Waals surface area (Å²) in [4.78, 5) is 12.4. The number of carbonyl (C=O) groups excluding carboxylic acids is 1. The van der Waals surface area contributed by atoms with Gasteiger partial charge in [0.1, 0.15) is 11.5 Å². The summed E-state index contributed by atoms with van der Waals surface area (Å²) in [5, 5.41) is 12.3. The Balaban J connectivity index is 2.15. The van der Waals surface area contributed by atoms with Gasteiger partial charge in [0, 0.05) is 18.6 Å². The molecule has 110 valence electrons. The minimum atomic E-state index is -0.189. The first-order valence-corrected chi connectivity index (χ1v) is 6.83. The average molecular weight is 279 g/mol. The van der Waals surface area contributed by atoms with Gasteiger partial charge < -0.3 is 19.9 Å². The fourth-order valence-corrected chi connectivity index (χ4v) is 2.68. The maximum atomic E-state index is 12.4. The number of hydrogen-bond acceptors (Lipinski definition) is 4. The SMILES string of the molecule is COc1ccc(OC)c(C(=O)NC2CCCC2CO)c1. The number of rotatable bonds is 5. The fraction of sp³-hybridized carbons (Fsp3) is 0.533. The molecular formula is C15H21NO4. The Morgan fingerprint density at radius 3 is 2.80 bits per heavy atom. The molecule has 5 nitrogen and oxygen atoms in total. The lowest BCUT2D eigenvalue weighted by molar-refractivity contribution is 0.0912. The molecule has 2 unspecified atom stereocenters. The van der Waals surface area contributed by atoms with Gasteiger partial charge >= 0.3 is 0 Å². The van der Waals surface area contributed by atoms with Crippen LogP contribution in [-0.2, 0) is 0 Å². The Bertz CT molecular complexity index is 475. The number of nitrogens with one attached hydrogen (secondary N) is 1. The number of hydrogen-bond donors (Lipinski definition) is 2. The molecule has 5 heteroatoms. The lowest BCUT2D eigenvalue weighted by atomic mass is 10.0. The third kappa shape index (κ3) is 3.04. The van der Waals surface area contributed by atoms with E-state index < -0.39 is 0 Å². The minimum absolute atomic E-state index is 0.0309. The molecule has 1 aromatic carbocycles. The van der Waals surface area contributed by atoms with Gasteiger partial charge in [0.05, 0.1) is 19.8 Å². The van der Waals surface area contributed by atoms with Crippen LogP contribution in [0.25, 0.3) is 0 Å². The van der Waals surface area contributed by atoms with Gasteiger partial charge in [-0.1, -0.05) is 6.42 Å². The zero-order chi connectivity index (χ0) is 14.5. The fourth-order valence-electron chi connectivity index (χ4n) is 2.68. The van der Waals surface area contributed by atoms with Crippen molar-refractivity contribution in [3.63, 3.8) is 0 Å². The molecule has 2 rings (SSSR count). The minimum Gasteiger partial charge on any atom is -0.497 e. The Morgan fingerprint density at radius 2 is 2.15 bits per heavy atom. The third-order valence-electron chi connectivity index (χ3n) is 3.86. The smallest absolute Gasteiger partial charge is 0.255 e. The number of ether oxygens (including phenoxy) is 2. The van der Waals surface area contributed by atoms with Crippen LogP contribution in [0.1, 0.15) is 29.6 Å². The highest BCUT2D eigenvalue weighted by molar-refractivity contribution is 5.97. The lowest BCUT2D eigenvalue weighted by Gasteiger charge is -2.20. The molecule has 1 fully saturated rings. The summed E-state index contributed by atoms with van der Waals surface area (Å²) in [5.74, 6) is 1.09. The second-order valence-electron chi connectivity index (χ2n) is 5.02. The molecular weight excluding hydrogens is 258 g/mol. The van der Waals surface area contributed by atoms with E-state index in [1.54, 1.807) is 25.3 Å². The van der Waals surface area contributed by atoms with Gasteiger partial charge in [0.15, 0.2) is 0 Å². The molecule has 20 heavy (non-hydrogen) atoms. The van der Waals surface area contributed by atoms with E-state index in [0.29, 0.717) is 17.1 Å². The predicted molar refractivity (Wildman–Crippen MR) is 75.2 cm³/mol. The molecule has 0 spiro atoms. The van der Waals surface area contributed by atoms with Crippen LogP contribution in [0.15, 0.2) is 18.2 Å². The monoisotopic (exact) mass is 279 g/mol. The van der Waals surface area contributed by atoms with E-state index in [4.69, 9.17) is 9.47 Å². The van der Waals surface area contributed by atoms with E-state index in [0.717, 1.165) is 19.3 Å². The predicted octanol–water partition coefficient (Wildman–Crippen LogP) is 1.59. The maximum absolute atomic E-state index is 12.4. The van der Waals surface area contributed by atoms with Crippen molar-refractivity contribution >= 4 is 5.91 Å². The Kier molecular flexibility index (Phi) is 4.84. The van der Waals surface area contributed by atoms with Gasteiger partial charge in [0.25, 0.3) is 5.91 Å². The van der Waals surface area contributed by atoms with E-state index in [1.165, 1.54) is 7.11 Å². The number of methoxy groups -OCH3 is 2.